The number of nitrogens with zero attached hydrogens (tertiary/aromatic N) is 4. The maximum Gasteiger partial charge on any atom is 0.276 e. The molecule has 2 heterocycles. The maximum atomic E-state index is 12.5. The molecule has 2 N–H and O–H groups in total. The van der Waals surface area contributed by atoms with Gasteiger partial charge in [0, 0.05) is 31.2 Å². The van der Waals surface area contributed by atoms with E-state index in [0.29, 0.717) is 33.8 Å². The number of nitrogens with one attached hydrogen (secondary N) is 2. The second-order valence-electron chi connectivity index (χ2n) is 5.52. The summed E-state index contributed by atoms with van der Waals surface area (Å²) in [4.78, 5) is 24.7. The number of benzene rings is 1. The fourth-order valence-electron chi connectivity index (χ4n) is 2.42. The second-order valence-corrected chi connectivity index (χ2v) is 6.37. The summed E-state index contributed by atoms with van der Waals surface area (Å²) in [6.45, 7) is 2.48. The third kappa shape index (κ3) is 3.83. The first-order chi connectivity index (χ1) is 12.5. The largest absolute Gasteiger partial charge is 0.321 e. The number of halogens is 1. The summed E-state index contributed by atoms with van der Waals surface area (Å²) < 4.78 is 3.78. The minimum Gasteiger partial charge on any atom is -0.321 e. The molecule has 0 saturated heterocycles. The van der Waals surface area contributed by atoms with E-state index in [0.717, 1.165) is 0 Å². The molecule has 2 aromatic heterocycles. The highest BCUT2D eigenvalue weighted by molar-refractivity contribution is 9.10. The minimum atomic E-state index is -0.319. The molecular formula is C17H17BrN6O2. The normalized spacial score (nSPS) is 10.6. The zero-order chi connectivity index (χ0) is 18.7. The van der Waals surface area contributed by atoms with Crippen LogP contribution in [0.2, 0.25) is 0 Å². The average Bonchev–Trinajstić information content (AvgIpc) is 3.20. The van der Waals surface area contributed by atoms with Gasteiger partial charge in [-0.25, -0.2) is 0 Å². The predicted octanol–water partition coefficient (Wildman–Crippen LogP) is 2.90. The van der Waals surface area contributed by atoms with E-state index >= 15 is 0 Å². The highest BCUT2D eigenvalue weighted by atomic mass is 79.9. The molecule has 0 atom stereocenters. The minimum absolute atomic E-state index is 0.288. The Labute approximate surface area is 158 Å². The standard InChI is InChI=1S/C17H17BrN6O2/c1-3-24-15(13(18)10-19-24)17(26)21-12-6-4-5-11(9-12)20-16(25)14-7-8-23(2)22-14/h4-10H,3H2,1-2H3,(H,20,25)(H,21,26). The van der Waals surface area contributed by atoms with Gasteiger partial charge in [-0.1, -0.05) is 6.07 Å². The van der Waals surface area contributed by atoms with Gasteiger partial charge < -0.3 is 10.6 Å². The first kappa shape index (κ1) is 17.9. The molecular weight excluding hydrogens is 400 g/mol. The lowest BCUT2D eigenvalue weighted by Crippen LogP contribution is -2.18. The van der Waals surface area contributed by atoms with Crippen LogP contribution in [0, 0.1) is 0 Å². The van der Waals surface area contributed by atoms with E-state index in [4.69, 9.17) is 0 Å². The Balaban J connectivity index is 1.74. The molecule has 3 rings (SSSR count). The summed E-state index contributed by atoms with van der Waals surface area (Å²) in [5.74, 6) is -0.606. The Morgan fingerprint density at radius 3 is 2.46 bits per heavy atom. The Morgan fingerprint density at radius 2 is 1.85 bits per heavy atom. The number of anilines is 2. The van der Waals surface area contributed by atoms with Crippen LogP contribution in [-0.4, -0.2) is 31.4 Å². The number of aryl methyl sites for hydroxylation is 2. The van der Waals surface area contributed by atoms with Crippen LogP contribution in [0.1, 0.15) is 27.9 Å². The average molecular weight is 417 g/mol. The predicted molar refractivity (Wildman–Crippen MR) is 101 cm³/mol. The van der Waals surface area contributed by atoms with Gasteiger partial charge >= 0.3 is 0 Å². The number of amides is 2. The van der Waals surface area contributed by atoms with Crippen LogP contribution in [0.3, 0.4) is 0 Å². The molecule has 0 radical (unpaired) electrons. The van der Waals surface area contributed by atoms with Gasteiger partial charge in [-0.2, -0.15) is 10.2 Å². The summed E-state index contributed by atoms with van der Waals surface area (Å²) in [6, 6.07) is 8.54. The lowest BCUT2D eigenvalue weighted by Gasteiger charge is -2.09. The van der Waals surface area contributed by atoms with Gasteiger partial charge in [0.25, 0.3) is 11.8 Å². The number of carbonyl (C=O) groups excluding carboxylic acids is 2. The molecule has 0 aliphatic heterocycles. The van der Waals surface area contributed by atoms with E-state index in [1.165, 1.54) is 0 Å². The van der Waals surface area contributed by atoms with E-state index < -0.39 is 0 Å². The van der Waals surface area contributed by atoms with Crippen molar-refractivity contribution in [3.8, 4) is 0 Å². The molecule has 0 spiro atoms. The van der Waals surface area contributed by atoms with Gasteiger partial charge in [0.1, 0.15) is 5.69 Å². The van der Waals surface area contributed by atoms with Crippen LogP contribution in [0.5, 0.6) is 0 Å². The maximum absolute atomic E-state index is 12.5. The van der Waals surface area contributed by atoms with E-state index in [2.05, 4.69) is 36.8 Å². The van der Waals surface area contributed by atoms with Crippen LogP contribution < -0.4 is 10.6 Å². The van der Waals surface area contributed by atoms with Gasteiger partial charge in [-0.3, -0.25) is 19.0 Å². The highest BCUT2D eigenvalue weighted by Crippen LogP contribution is 2.20. The zero-order valence-corrected chi connectivity index (χ0v) is 15.8. The molecule has 26 heavy (non-hydrogen) atoms. The van der Waals surface area contributed by atoms with Crippen molar-refractivity contribution >= 4 is 39.1 Å². The third-order valence-corrected chi connectivity index (χ3v) is 4.21. The highest BCUT2D eigenvalue weighted by Gasteiger charge is 2.17. The summed E-state index contributed by atoms with van der Waals surface area (Å²) >= 11 is 3.34. The van der Waals surface area contributed by atoms with Crippen molar-refractivity contribution in [3.05, 3.63) is 58.6 Å². The number of hydrogen-bond donors (Lipinski definition) is 2. The van der Waals surface area contributed by atoms with Crippen molar-refractivity contribution in [1.82, 2.24) is 19.6 Å². The number of carbonyl (C=O) groups is 2. The molecule has 0 saturated carbocycles. The fourth-order valence-corrected chi connectivity index (χ4v) is 2.90. The Bertz CT molecular complexity index is 962. The Hall–Kier alpha value is -2.94. The third-order valence-electron chi connectivity index (χ3n) is 3.63. The van der Waals surface area contributed by atoms with Gasteiger partial charge in [0.15, 0.2) is 5.69 Å². The van der Waals surface area contributed by atoms with Gasteiger partial charge in [0.2, 0.25) is 0 Å². The molecule has 0 bridgehead atoms. The van der Waals surface area contributed by atoms with Crippen molar-refractivity contribution in [2.75, 3.05) is 10.6 Å². The molecule has 0 fully saturated rings. The SMILES string of the molecule is CCn1ncc(Br)c1C(=O)Nc1cccc(NC(=O)c2ccn(C)n2)c1. The van der Waals surface area contributed by atoms with Crippen molar-refractivity contribution in [1.29, 1.82) is 0 Å². The molecule has 8 nitrogen and oxygen atoms in total. The summed E-state index contributed by atoms with van der Waals surface area (Å²) in [5.41, 5.74) is 1.87. The first-order valence-corrected chi connectivity index (χ1v) is 8.71. The lowest BCUT2D eigenvalue weighted by atomic mass is 10.2. The number of rotatable bonds is 5. The first-order valence-electron chi connectivity index (χ1n) is 7.91. The summed E-state index contributed by atoms with van der Waals surface area (Å²) in [7, 11) is 1.74. The van der Waals surface area contributed by atoms with E-state index in [-0.39, 0.29) is 11.8 Å². The Kier molecular flexibility index (Phi) is 5.17. The molecule has 2 amide bonds. The summed E-state index contributed by atoms with van der Waals surface area (Å²) in [6.07, 6.45) is 3.28. The van der Waals surface area contributed by atoms with Crippen LogP contribution in [0.25, 0.3) is 0 Å². The molecule has 134 valence electrons. The van der Waals surface area contributed by atoms with Gasteiger partial charge in [-0.15, -0.1) is 0 Å². The van der Waals surface area contributed by atoms with Crippen molar-refractivity contribution in [2.24, 2.45) is 7.05 Å². The quantitative estimate of drug-likeness (QED) is 0.668. The topological polar surface area (TPSA) is 93.8 Å². The fraction of sp³-hybridized carbons (Fsp3) is 0.176. The molecule has 1 aromatic carbocycles. The molecule has 0 aliphatic rings. The smallest absolute Gasteiger partial charge is 0.276 e. The van der Waals surface area contributed by atoms with Crippen LogP contribution in [0.15, 0.2) is 47.2 Å². The number of hydrogen-bond acceptors (Lipinski definition) is 4. The van der Waals surface area contributed by atoms with E-state index in [9.17, 15) is 9.59 Å². The molecule has 0 aliphatic carbocycles. The second kappa shape index (κ2) is 7.52. The zero-order valence-electron chi connectivity index (χ0n) is 14.2. The monoisotopic (exact) mass is 416 g/mol. The van der Waals surface area contributed by atoms with Crippen LogP contribution in [-0.2, 0) is 13.6 Å². The van der Waals surface area contributed by atoms with Crippen molar-refractivity contribution < 1.29 is 9.59 Å². The molecule has 3 aromatic rings. The number of aromatic nitrogens is 4. The van der Waals surface area contributed by atoms with Crippen LogP contribution in [0.4, 0.5) is 11.4 Å². The van der Waals surface area contributed by atoms with Gasteiger partial charge in [0.05, 0.1) is 10.7 Å². The van der Waals surface area contributed by atoms with E-state index in [1.807, 2.05) is 6.92 Å². The Morgan fingerprint density at radius 1 is 1.15 bits per heavy atom. The van der Waals surface area contributed by atoms with Crippen molar-refractivity contribution in [3.63, 3.8) is 0 Å². The van der Waals surface area contributed by atoms with Crippen molar-refractivity contribution in [2.45, 2.75) is 13.5 Å². The van der Waals surface area contributed by atoms with Gasteiger partial charge in [-0.05, 0) is 47.1 Å². The lowest BCUT2D eigenvalue weighted by molar-refractivity contribution is 0.101. The molecule has 0 unspecified atom stereocenters. The summed E-state index contributed by atoms with van der Waals surface area (Å²) in [5, 5.41) is 13.8. The van der Waals surface area contributed by atoms with E-state index in [1.54, 1.807) is 59.1 Å². The molecule has 9 heteroatoms. The van der Waals surface area contributed by atoms with Crippen LogP contribution >= 0.6 is 15.9 Å².